The van der Waals surface area contributed by atoms with Crippen molar-refractivity contribution >= 4 is 75.5 Å². The minimum atomic E-state index is -4.42. The van der Waals surface area contributed by atoms with Gasteiger partial charge in [0, 0.05) is 51.2 Å². The Bertz CT molecular complexity index is 2970. The highest BCUT2D eigenvalue weighted by Gasteiger charge is 2.31. The highest BCUT2D eigenvalue weighted by Crippen LogP contribution is 2.40. The van der Waals surface area contributed by atoms with Crippen molar-refractivity contribution in [2.75, 3.05) is 14.7 Å². The topological polar surface area (TPSA) is 9.72 Å². The average Bonchev–Trinajstić information content (AvgIpc) is 3.38. The van der Waals surface area contributed by atoms with Gasteiger partial charge in [0.05, 0.1) is 11.1 Å². The maximum atomic E-state index is 13.4. The zero-order valence-electron chi connectivity index (χ0n) is 37.9. The summed E-state index contributed by atoms with van der Waals surface area (Å²) in [6, 6.07) is 70.4. The minimum absolute atomic E-state index is 0.617. The van der Waals surface area contributed by atoms with Crippen molar-refractivity contribution < 1.29 is 26.3 Å². The Morgan fingerprint density at radius 3 is 0.686 bits per heavy atom. The maximum Gasteiger partial charge on any atom is 0.416 e. The van der Waals surface area contributed by atoms with E-state index in [-0.39, 0.29) is 0 Å². The van der Waals surface area contributed by atoms with Crippen LogP contribution in [0.25, 0.3) is 24.3 Å². The lowest BCUT2D eigenvalue weighted by Gasteiger charge is -2.26. The second kappa shape index (κ2) is 20.3. The quantitative estimate of drug-likeness (QED) is 0.0842. The van der Waals surface area contributed by atoms with E-state index in [1.54, 1.807) is 0 Å². The Morgan fingerprint density at radius 2 is 0.457 bits per heavy atom. The second-order valence-corrected chi connectivity index (χ2v) is 16.6. The van der Waals surface area contributed by atoms with Crippen LogP contribution in [0.2, 0.25) is 0 Å². The molecule has 0 N–H and O–H groups in total. The molecule has 0 radical (unpaired) electrons. The first-order valence-electron chi connectivity index (χ1n) is 22.5. The molecular weight excluding hydrogens is 889 g/mol. The number of halogens is 6. The van der Waals surface area contributed by atoms with Crippen molar-refractivity contribution in [3.63, 3.8) is 0 Å². The van der Waals surface area contributed by atoms with Gasteiger partial charge in [0.15, 0.2) is 0 Å². The van der Waals surface area contributed by atoms with Crippen molar-refractivity contribution in [2.24, 2.45) is 0 Å². The summed E-state index contributed by atoms with van der Waals surface area (Å²) in [6.45, 7) is 2.06. The molecule has 70 heavy (non-hydrogen) atoms. The van der Waals surface area contributed by atoms with Crippen molar-refractivity contribution in [1.82, 2.24) is 0 Å². The number of anilines is 9. The molecule has 0 heterocycles. The van der Waals surface area contributed by atoms with Gasteiger partial charge in [-0.05, 0) is 163 Å². The van der Waals surface area contributed by atoms with E-state index in [1.807, 2.05) is 143 Å². The van der Waals surface area contributed by atoms with Crippen LogP contribution >= 0.6 is 0 Å². The molecule has 9 aromatic rings. The summed E-state index contributed by atoms with van der Waals surface area (Å²) < 4.78 is 80.1. The number of nitrogens with zero attached hydrogens (tertiary/aromatic N) is 3. The molecule has 0 amide bonds. The van der Waals surface area contributed by atoms with Crippen molar-refractivity contribution in [1.29, 1.82) is 0 Å². The Hall–Kier alpha value is -8.56. The largest absolute Gasteiger partial charge is 0.416 e. The molecule has 346 valence electrons. The summed E-state index contributed by atoms with van der Waals surface area (Å²) in [4.78, 5) is 6.07. The predicted octanol–water partition coefficient (Wildman–Crippen LogP) is 18.8. The van der Waals surface area contributed by atoms with Crippen molar-refractivity contribution in [3.8, 4) is 0 Å². The van der Waals surface area contributed by atoms with Gasteiger partial charge in [-0.1, -0.05) is 127 Å². The van der Waals surface area contributed by atoms with Crippen LogP contribution in [0.5, 0.6) is 0 Å². The highest BCUT2D eigenvalue weighted by molar-refractivity contribution is 5.82. The predicted molar refractivity (Wildman–Crippen MR) is 276 cm³/mol. The van der Waals surface area contributed by atoms with E-state index in [4.69, 9.17) is 0 Å². The summed E-state index contributed by atoms with van der Waals surface area (Å²) in [5.41, 5.74) is 11.2. The molecule has 0 unspecified atom stereocenters. The number of aryl methyl sites for hydroxylation is 1. The summed E-state index contributed by atoms with van der Waals surface area (Å²) in [7, 11) is 0. The van der Waals surface area contributed by atoms with Gasteiger partial charge in [-0.3, -0.25) is 0 Å². The van der Waals surface area contributed by atoms with E-state index in [9.17, 15) is 26.3 Å². The molecule has 0 saturated heterocycles. The number of alkyl halides is 6. The number of rotatable bonds is 13. The molecule has 0 saturated carbocycles. The molecule has 9 heteroatoms. The second-order valence-electron chi connectivity index (χ2n) is 16.6. The molecule has 0 aliphatic heterocycles. The molecule has 0 aliphatic rings. The molecular formula is C61H45F6N3. The van der Waals surface area contributed by atoms with Crippen molar-refractivity contribution in [2.45, 2.75) is 19.3 Å². The van der Waals surface area contributed by atoms with Crippen LogP contribution in [-0.2, 0) is 12.4 Å². The fourth-order valence-electron chi connectivity index (χ4n) is 8.11. The number of para-hydroxylation sites is 2. The number of hydrogen-bond donors (Lipinski definition) is 0. The fourth-order valence-corrected chi connectivity index (χ4v) is 8.11. The van der Waals surface area contributed by atoms with Crippen LogP contribution in [0.1, 0.15) is 38.9 Å². The molecule has 9 rings (SSSR count). The van der Waals surface area contributed by atoms with Gasteiger partial charge in [-0.2, -0.15) is 26.3 Å². The zero-order chi connectivity index (χ0) is 48.7. The molecule has 3 nitrogen and oxygen atoms in total. The number of benzene rings is 9. The van der Waals surface area contributed by atoms with Crippen LogP contribution in [0.3, 0.4) is 0 Å². The van der Waals surface area contributed by atoms with E-state index >= 15 is 0 Å². The molecule has 0 atom stereocenters. The van der Waals surface area contributed by atoms with Crippen LogP contribution < -0.4 is 14.7 Å². The van der Waals surface area contributed by atoms with E-state index in [0.29, 0.717) is 11.4 Å². The Morgan fingerprint density at radius 1 is 0.257 bits per heavy atom. The zero-order valence-corrected chi connectivity index (χ0v) is 37.9. The van der Waals surface area contributed by atoms with E-state index < -0.39 is 23.5 Å². The first-order valence-corrected chi connectivity index (χ1v) is 22.5. The average molecular weight is 934 g/mol. The van der Waals surface area contributed by atoms with E-state index in [2.05, 4.69) is 84.6 Å². The molecule has 0 aliphatic carbocycles. The Balaban J connectivity index is 0.901. The van der Waals surface area contributed by atoms with Gasteiger partial charge in [0.25, 0.3) is 0 Å². The van der Waals surface area contributed by atoms with E-state index in [0.717, 1.165) is 91.9 Å². The van der Waals surface area contributed by atoms with Crippen LogP contribution in [-0.4, -0.2) is 0 Å². The van der Waals surface area contributed by atoms with Crippen LogP contribution in [0.4, 0.5) is 77.5 Å². The molecule has 0 aromatic heterocycles. The maximum absolute atomic E-state index is 13.4. The summed E-state index contributed by atoms with van der Waals surface area (Å²) in [6.07, 6.45) is -0.672. The smallest absolute Gasteiger partial charge is 0.311 e. The molecule has 0 spiro atoms. The fraction of sp³-hybridized carbons (Fsp3) is 0.0492. The standard InChI is InChI=1S/C61H45F6N3/c1-44-12-30-53(31-13-44)70(56-36-22-47(23-37-56)16-14-45-18-32-54(33-19-45)68(51-8-4-2-5-9-51)58-40-26-49(27-41-58)60(62,63)64)57-38-24-48(25-39-57)17-15-46-20-34-55(35-21-46)69(52-10-6-3-7-11-52)59-42-28-50(29-43-59)61(65,66)67/h2-43H,1H3/b16-14+,17-15+. The third-order valence-electron chi connectivity index (χ3n) is 11.8. The van der Waals surface area contributed by atoms with Crippen LogP contribution in [0.15, 0.2) is 231 Å². The summed E-state index contributed by atoms with van der Waals surface area (Å²) >= 11 is 0. The first-order chi connectivity index (χ1) is 33.9. The monoisotopic (exact) mass is 933 g/mol. The molecule has 9 aromatic carbocycles. The Labute approximate surface area is 403 Å². The molecule has 0 bridgehead atoms. The van der Waals surface area contributed by atoms with Crippen molar-refractivity contribution in [3.05, 3.63) is 269 Å². The lowest BCUT2D eigenvalue weighted by Crippen LogP contribution is -2.11. The number of hydrogen-bond acceptors (Lipinski definition) is 3. The van der Waals surface area contributed by atoms with Gasteiger partial charge in [-0.15, -0.1) is 0 Å². The van der Waals surface area contributed by atoms with Gasteiger partial charge >= 0.3 is 12.4 Å². The van der Waals surface area contributed by atoms with Gasteiger partial charge in [0.1, 0.15) is 0 Å². The van der Waals surface area contributed by atoms with Gasteiger partial charge in [0.2, 0.25) is 0 Å². The van der Waals surface area contributed by atoms with Gasteiger partial charge < -0.3 is 14.7 Å². The summed E-state index contributed by atoms with van der Waals surface area (Å²) in [5, 5.41) is 0. The third kappa shape index (κ3) is 11.1. The SMILES string of the molecule is Cc1ccc(N(c2ccc(/C=C/c3ccc(N(c4ccccc4)c4ccc(C(F)(F)F)cc4)cc3)cc2)c2ccc(/C=C/c3ccc(N(c4ccccc4)c4ccc(C(F)(F)F)cc4)cc3)cc2)cc1. The Kier molecular flexibility index (Phi) is 13.5. The summed E-state index contributed by atoms with van der Waals surface area (Å²) in [5.74, 6) is 0. The normalized spacial score (nSPS) is 11.8. The minimum Gasteiger partial charge on any atom is -0.311 e. The lowest BCUT2D eigenvalue weighted by molar-refractivity contribution is -0.138. The third-order valence-corrected chi connectivity index (χ3v) is 11.8. The molecule has 0 fully saturated rings. The lowest BCUT2D eigenvalue weighted by atomic mass is 10.1. The first kappa shape index (κ1) is 46.5. The van der Waals surface area contributed by atoms with E-state index in [1.165, 1.54) is 24.3 Å². The highest BCUT2D eigenvalue weighted by atomic mass is 19.4. The van der Waals surface area contributed by atoms with Gasteiger partial charge in [-0.25, -0.2) is 0 Å². The van der Waals surface area contributed by atoms with Crippen LogP contribution in [0, 0.1) is 6.92 Å².